The molecule has 210 valence electrons. The lowest BCUT2D eigenvalue weighted by molar-refractivity contribution is 0.0130. The summed E-state index contributed by atoms with van der Waals surface area (Å²) in [4.78, 5) is 45.1. The maximum atomic E-state index is 13.8. The van der Waals surface area contributed by atoms with Gasteiger partial charge in [-0.2, -0.15) is 4.98 Å². The first kappa shape index (κ1) is 29.4. The van der Waals surface area contributed by atoms with Gasteiger partial charge >= 0.3 is 11.8 Å². The molecule has 1 saturated heterocycles. The second-order valence-electron chi connectivity index (χ2n) is 11.1. The Labute approximate surface area is 242 Å². The average Bonchev–Trinajstić information content (AvgIpc) is 2.84. The molecular formula is C27H34Cl2N6O3S. The van der Waals surface area contributed by atoms with Crippen LogP contribution in [0.3, 0.4) is 0 Å². The van der Waals surface area contributed by atoms with Crippen molar-refractivity contribution in [2.75, 3.05) is 24.2 Å². The lowest BCUT2D eigenvalue weighted by atomic mass is 10.1. The fourth-order valence-electron chi connectivity index (χ4n) is 4.76. The van der Waals surface area contributed by atoms with Crippen LogP contribution in [0.1, 0.15) is 60.1 Å². The summed E-state index contributed by atoms with van der Waals surface area (Å²) in [5.74, 6) is 0.486. The molecule has 1 aliphatic heterocycles. The molecule has 3 aromatic rings. The van der Waals surface area contributed by atoms with E-state index in [1.807, 2.05) is 65.7 Å². The van der Waals surface area contributed by atoms with E-state index in [1.165, 1.54) is 16.3 Å². The molecule has 9 nitrogen and oxygen atoms in total. The van der Waals surface area contributed by atoms with Crippen LogP contribution in [-0.2, 0) is 4.74 Å². The Morgan fingerprint density at radius 1 is 1.15 bits per heavy atom. The normalized spacial score (nSPS) is 18.2. The van der Waals surface area contributed by atoms with Crippen molar-refractivity contribution >= 4 is 57.9 Å². The van der Waals surface area contributed by atoms with E-state index < -0.39 is 11.3 Å². The number of amides is 1. The van der Waals surface area contributed by atoms with Gasteiger partial charge in [-0.3, -0.25) is 4.98 Å². The van der Waals surface area contributed by atoms with Gasteiger partial charge in [0.05, 0.1) is 21.8 Å². The Hall–Kier alpha value is -2.56. The van der Waals surface area contributed by atoms with Crippen molar-refractivity contribution in [3.63, 3.8) is 0 Å². The summed E-state index contributed by atoms with van der Waals surface area (Å²) in [5.41, 5.74) is 0.636. The van der Waals surface area contributed by atoms with Gasteiger partial charge in [0.2, 0.25) is 0 Å². The average molecular weight is 594 g/mol. The number of hydrogen-bond acceptors (Lipinski definition) is 8. The van der Waals surface area contributed by atoms with Crippen LogP contribution in [0.15, 0.2) is 28.0 Å². The molecule has 0 unspecified atom stereocenters. The van der Waals surface area contributed by atoms with Gasteiger partial charge in [0.1, 0.15) is 16.6 Å². The van der Waals surface area contributed by atoms with E-state index in [0.29, 0.717) is 35.6 Å². The summed E-state index contributed by atoms with van der Waals surface area (Å²) in [6, 6.07) is 3.21. The molecule has 0 aromatic carbocycles. The highest BCUT2D eigenvalue weighted by molar-refractivity contribution is 7.98. The molecule has 0 aliphatic carbocycles. The monoisotopic (exact) mass is 592 g/mol. The van der Waals surface area contributed by atoms with Crippen LogP contribution in [0.5, 0.6) is 0 Å². The lowest BCUT2D eigenvalue weighted by Crippen LogP contribution is -2.59. The van der Waals surface area contributed by atoms with Gasteiger partial charge in [0, 0.05) is 36.3 Å². The predicted molar refractivity (Wildman–Crippen MR) is 158 cm³/mol. The summed E-state index contributed by atoms with van der Waals surface area (Å²) >= 11 is 14.4. The molecule has 0 bridgehead atoms. The quantitative estimate of drug-likeness (QED) is 0.262. The van der Waals surface area contributed by atoms with Crippen LogP contribution in [-0.4, -0.2) is 67.5 Å². The molecule has 0 spiro atoms. The molecule has 12 heteroatoms. The smallest absolute Gasteiger partial charge is 0.410 e. The van der Waals surface area contributed by atoms with E-state index in [9.17, 15) is 9.59 Å². The summed E-state index contributed by atoms with van der Waals surface area (Å²) in [7, 11) is 0. The Morgan fingerprint density at radius 3 is 2.46 bits per heavy atom. The minimum atomic E-state index is -0.599. The zero-order chi connectivity index (χ0) is 28.8. The van der Waals surface area contributed by atoms with Gasteiger partial charge in [-0.15, -0.1) is 11.8 Å². The number of carbonyl (C=O) groups excluding carboxylic acids is 1. The highest BCUT2D eigenvalue weighted by atomic mass is 35.5. The van der Waals surface area contributed by atoms with Crippen molar-refractivity contribution in [1.29, 1.82) is 0 Å². The van der Waals surface area contributed by atoms with Crippen molar-refractivity contribution in [2.45, 2.75) is 77.0 Å². The summed E-state index contributed by atoms with van der Waals surface area (Å²) in [5, 5.41) is 0.927. The van der Waals surface area contributed by atoms with Gasteiger partial charge < -0.3 is 14.5 Å². The second kappa shape index (κ2) is 11.1. The van der Waals surface area contributed by atoms with Gasteiger partial charge in [0.15, 0.2) is 5.65 Å². The van der Waals surface area contributed by atoms with E-state index in [0.717, 1.165) is 10.6 Å². The Kier molecular flexibility index (Phi) is 8.40. The molecule has 4 rings (SSSR count). The first-order valence-electron chi connectivity index (χ1n) is 12.8. The number of pyridine rings is 2. The molecule has 0 saturated carbocycles. The second-order valence-corrected chi connectivity index (χ2v) is 12.7. The number of nitrogens with zero attached hydrogens (tertiary/aromatic N) is 6. The SMILES string of the molecule is CSc1ccnc(C(C)C)c1-n1c(=O)nc(N2C[C@@H](C)N(C(=O)OC(C)(C)C)C[C@@H]2C)c2cc(Cl)c(Cl)nc21. The van der Waals surface area contributed by atoms with Crippen LogP contribution in [0.4, 0.5) is 10.6 Å². The molecule has 0 N–H and O–H groups in total. The third-order valence-corrected chi connectivity index (χ3v) is 7.99. The summed E-state index contributed by atoms with van der Waals surface area (Å²) in [6.45, 7) is 14.3. The summed E-state index contributed by atoms with van der Waals surface area (Å²) < 4.78 is 7.11. The van der Waals surface area contributed by atoms with Gasteiger partial charge in [-0.25, -0.2) is 19.1 Å². The van der Waals surface area contributed by atoms with Crippen LogP contribution < -0.4 is 10.6 Å². The maximum Gasteiger partial charge on any atom is 0.410 e. The van der Waals surface area contributed by atoms with Gasteiger partial charge in [-0.1, -0.05) is 37.0 Å². The van der Waals surface area contributed by atoms with Crippen molar-refractivity contribution < 1.29 is 9.53 Å². The highest BCUT2D eigenvalue weighted by Crippen LogP contribution is 2.36. The van der Waals surface area contributed by atoms with Crippen LogP contribution in [0.2, 0.25) is 10.2 Å². The molecular weight excluding hydrogens is 559 g/mol. The highest BCUT2D eigenvalue weighted by Gasteiger charge is 2.36. The van der Waals surface area contributed by atoms with E-state index in [-0.39, 0.29) is 34.3 Å². The number of rotatable bonds is 4. The van der Waals surface area contributed by atoms with E-state index in [4.69, 9.17) is 27.9 Å². The van der Waals surface area contributed by atoms with Crippen molar-refractivity contribution in [3.8, 4) is 5.69 Å². The number of halogens is 2. The topological polar surface area (TPSA) is 93.5 Å². The third-order valence-electron chi connectivity index (χ3n) is 6.55. The fraction of sp³-hybridized carbons (Fsp3) is 0.519. The first-order valence-corrected chi connectivity index (χ1v) is 14.8. The van der Waals surface area contributed by atoms with E-state index >= 15 is 0 Å². The van der Waals surface area contributed by atoms with Crippen molar-refractivity contribution in [1.82, 2.24) is 24.4 Å². The van der Waals surface area contributed by atoms with Crippen molar-refractivity contribution in [3.05, 3.63) is 44.7 Å². The number of carbonyl (C=O) groups is 1. The molecule has 1 amide bonds. The third kappa shape index (κ3) is 5.83. The van der Waals surface area contributed by atoms with Crippen LogP contribution >= 0.6 is 35.0 Å². The number of ether oxygens (including phenoxy) is 1. The predicted octanol–water partition coefficient (Wildman–Crippen LogP) is 6.16. The minimum Gasteiger partial charge on any atom is -0.444 e. The standard InChI is InChI=1S/C27H34Cl2N6O3S/c1-14(2)20-21(19(39-8)9-10-30-20)35-24-17(11-18(28)22(29)31-24)23(32-25(35)36)33-12-16(4)34(13-15(33)3)26(37)38-27(5,6)7/h9-11,14-16H,12-13H2,1-8H3/t15-,16+/m0/s1. The fourth-order valence-corrected chi connectivity index (χ4v) is 5.64. The van der Waals surface area contributed by atoms with Crippen LogP contribution in [0.25, 0.3) is 16.7 Å². The minimum absolute atomic E-state index is 0.0401. The molecule has 1 fully saturated rings. The maximum absolute atomic E-state index is 13.8. The molecule has 1 aliphatic rings. The number of hydrogen-bond donors (Lipinski definition) is 0. The Balaban J connectivity index is 1.89. The van der Waals surface area contributed by atoms with Gasteiger partial charge in [0.25, 0.3) is 0 Å². The van der Waals surface area contributed by atoms with Crippen molar-refractivity contribution in [2.24, 2.45) is 0 Å². The number of fused-ring (bicyclic) bond motifs is 1. The molecule has 2 atom stereocenters. The Morgan fingerprint density at radius 2 is 1.85 bits per heavy atom. The zero-order valence-corrected chi connectivity index (χ0v) is 25.8. The lowest BCUT2D eigenvalue weighted by Gasteiger charge is -2.44. The van der Waals surface area contributed by atoms with E-state index in [2.05, 4.69) is 15.0 Å². The van der Waals surface area contributed by atoms with Gasteiger partial charge in [-0.05, 0) is 58.9 Å². The number of thioether (sulfide) groups is 1. The van der Waals surface area contributed by atoms with Crippen LogP contribution in [0, 0.1) is 0 Å². The number of aromatic nitrogens is 4. The number of piperazine rings is 1. The largest absolute Gasteiger partial charge is 0.444 e. The molecule has 0 radical (unpaired) electrons. The van der Waals surface area contributed by atoms with E-state index in [1.54, 1.807) is 17.2 Å². The zero-order valence-electron chi connectivity index (χ0n) is 23.5. The number of anilines is 1. The first-order chi connectivity index (χ1) is 18.2. The molecule has 3 aromatic heterocycles. The molecule has 4 heterocycles. The Bertz CT molecular complexity index is 1470. The molecule has 39 heavy (non-hydrogen) atoms. The summed E-state index contributed by atoms with van der Waals surface area (Å²) in [6.07, 6.45) is 3.32.